The largest absolute Gasteiger partial charge is 0.393 e. The summed E-state index contributed by atoms with van der Waals surface area (Å²) in [6, 6.07) is 0. The van der Waals surface area contributed by atoms with E-state index >= 15 is 0 Å². The molecule has 4 saturated carbocycles. The van der Waals surface area contributed by atoms with Gasteiger partial charge in [-0.05, 0) is 99.7 Å². The average Bonchev–Trinajstić information content (AvgIpc) is 3.15. The molecule has 12 atom stereocenters. The van der Waals surface area contributed by atoms with Gasteiger partial charge in [-0.2, -0.15) is 0 Å². The number of rotatable bonds is 5. The van der Waals surface area contributed by atoms with Crippen molar-refractivity contribution in [3.63, 3.8) is 0 Å². The topological polar surface area (TPSA) is 99.4 Å². The molecule has 2 saturated heterocycles. The second kappa shape index (κ2) is 8.75. The lowest BCUT2D eigenvalue weighted by Gasteiger charge is -2.74. The van der Waals surface area contributed by atoms with Gasteiger partial charge in [-0.3, -0.25) is 0 Å². The summed E-state index contributed by atoms with van der Waals surface area (Å²) in [6.45, 7) is 14.7. The van der Waals surface area contributed by atoms with Crippen molar-refractivity contribution in [2.24, 2.45) is 45.3 Å². The van der Waals surface area contributed by atoms with Gasteiger partial charge in [0, 0.05) is 18.4 Å². The highest BCUT2D eigenvalue weighted by atomic mass is 16.7. The number of ether oxygens (including phenoxy) is 2. The number of hydrogen-bond donors (Lipinski definition) is 4. The molecule has 2 aliphatic heterocycles. The second-order valence-corrected chi connectivity index (χ2v) is 15.1. The van der Waals surface area contributed by atoms with Gasteiger partial charge in [-0.15, -0.1) is 0 Å². The van der Waals surface area contributed by atoms with Gasteiger partial charge in [0.2, 0.25) is 0 Å². The van der Waals surface area contributed by atoms with Crippen LogP contribution in [0.15, 0.2) is 11.6 Å². The van der Waals surface area contributed by atoms with Crippen LogP contribution in [0.25, 0.3) is 0 Å². The summed E-state index contributed by atoms with van der Waals surface area (Å²) in [7, 11) is 1.78. The van der Waals surface area contributed by atoms with Crippen LogP contribution >= 0.6 is 0 Å². The molecule has 6 rings (SSSR count). The van der Waals surface area contributed by atoms with E-state index in [4.69, 9.17) is 9.47 Å². The molecule has 2 bridgehead atoms. The Morgan fingerprint density at radius 1 is 1.03 bits per heavy atom. The fraction of sp³-hybridized carbons (Fsp3) is 0.935. The quantitative estimate of drug-likeness (QED) is 0.400. The van der Waals surface area contributed by atoms with E-state index in [1.165, 1.54) is 13.8 Å². The van der Waals surface area contributed by atoms with Gasteiger partial charge in [0.1, 0.15) is 12.2 Å². The van der Waals surface area contributed by atoms with E-state index in [-0.39, 0.29) is 45.9 Å². The third kappa shape index (κ3) is 3.65. The first-order valence-electron chi connectivity index (χ1n) is 14.7. The molecule has 6 nitrogen and oxygen atoms in total. The van der Waals surface area contributed by atoms with Crippen molar-refractivity contribution < 1.29 is 29.9 Å². The molecule has 1 spiro atoms. The van der Waals surface area contributed by atoms with Gasteiger partial charge in [0.15, 0.2) is 6.29 Å². The van der Waals surface area contributed by atoms with E-state index in [0.29, 0.717) is 11.8 Å². The summed E-state index contributed by atoms with van der Waals surface area (Å²) in [5.41, 5.74) is -0.431. The predicted molar refractivity (Wildman–Crippen MR) is 142 cm³/mol. The zero-order chi connectivity index (χ0) is 27.3. The van der Waals surface area contributed by atoms with E-state index in [0.717, 1.165) is 50.5 Å². The third-order valence-corrected chi connectivity index (χ3v) is 12.9. The van der Waals surface area contributed by atoms with Crippen LogP contribution < -0.4 is 0 Å². The minimum absolute atomic E-state index is 0.0485. The fourth-order valence-electron chi connectivity index (χ4n) is 11.0. The van der Waals surface area contributed by atoms with Crippen LogP contribution in [0, 0.1) is 45.3 Å². The standard InChI is InChI=1S/C31H52O6/c1-17(15-21(33)25(34)28(4,5)35)18-9-12-29(6)19(18)16-20(32)24-30(29,7)13-10-22-27(2,3)23-11-14-31(22,24)26(36-8)37-23/h15,18-26,32-35H,9-14,16H2,1-8H3/b17-15+/t18-,19-,20-,21+,22?,23-,24+,25?,26+,29-,30-,31-/m1/s1. The van der Waals surface area contributed by atoms with E-state index < -0.39 is 23.9 Å². The maximum Gasteiger partial charge on any atom is 0.163 e. The van der Waals surface area contributed by atoms with E-state index in [9.17, 15) is 20.4 Å². The molecule has 0 aromatic rings. The van der Waals surface area contributed by atoms with E-state index in [1.54, 1.807) is 13.2 Å². The van der Waals surface area contributed by atoms with Crippen molar-refractivity contribution in [2.45, 2.75) is 130 Å². The van der Waals surface area contributed by atoms with Gasteiger partial charge in [0.25, 0.3) is 0 Å². The van der Waals surface area contributed by atoms with Crippen LogP contribution in [0.2, 0.25) is 0 Å². The minimum Gasteiger partial charge on any atom is -0.393 e. The number of methoxy groups -OCH3 is 1. The van der Waals surface area contributed by atoms with Crippen LogP contribution in [0.5, 0.6) is 0 Å². The van der Waals surface area contributed by atoms with Crippen molar-refractivity contribution in [2.75, 3.05) is 7.11 Å². The van der Waals surface area contributed by atoms with Crippen LogP contribution in [0.4, 0.5) is 0 Å². The molecule has 212 valence electrons. The first-order chi connectivity index (χ1) is 17.1. The lowest BCUT2D eigenvalue weighted by atomic mass is 9.33. The van der Waals surface area contributed by atoms with Crippen LogP contribution in [-0.4, -0.2) is 63.8 Å². The Hall–Kier alpha value is -0.500. The molecule has 0 aromatic carbocycles. The summed E-state index contributed by atoms with van der Waals surface area (Å²) in [5, 5.41) is 43.4. The van der Waals surface area contributed by atoms with Gasteiger partial charge in [-0.1, -0.05) is 39.3 Å². The Morgan fingerprint density at radius 2 is 1.68 bits per heavy atom. The maximum absolute atomic E-state index is 12.1. The molecule has 4 aliphatic carbocycles. The summed E-state index contributed by atoms with van der Waals surface area (Å²) in [4.78, 5) is 0. The van der Waals surface area contributed by atoms with Crippen LogP contribution in [0.1, 0.15) is 93.4 Å². The Balaban J connectivity index is 1.50. The molecule has 0 radical (unpaired) electrons. The first-order valence-corrected chi connectivity index (χ1v) is 14.7. The first kappa shape index (κ1) is 28.0. The van der Waals surface area contributed by atoms with Crippen LogP contribution in [0.3, 0.4) is 0 Å². The number of aliphatic hydroxyl groups is 4. The third-order valence-electron chi connectivity index (χ3n) is 12.9. The highest BCUT2D eigenvalue weighted by Crippen LogP contribution is 2.78. The van der Waals surface area contributed by atoms with Crippen molar-refractivity contribution in [1.29, 1.82) is 0 Å². The van der Waals surface area contributed by atoms with E-state index in [2.05, 4.69) is 27.7 Å². The fourth-order valence-corrected chi connectivity index (χ4v) is 11.0. The lowest BCUT2D eigenvalue weighted by molar-refractivity contribution is -0.390. The van der Waals surface area contributed by atoms with Gasteiger partial charge < -0.3 is 29.9 Å². The summed E-state index contributed by atoms with van der Waals surface area (Å²) >= 11 is 0. The Kier molecular flexibility index (Phi) is 6.63. The number of allylic oxidation sites excluding steroid dienone is 1. The maximum atomic E-state index is 12.1. The molecule has 6 aliphatic rings. The molecule has 6 heteroatoms. The number of aliphatic hydroxyl groups excluding tert-OH is 3. The highest BCUT2D eigenvalue weighted by Gasteiger charge is 2.76. The molecular formula is C31H52O6. The Bertz CT molecular complexity index is 923. The van der Waals surface area contributed by atoms with Crippen molar-refractivity contribution in [3.05, 3.63) is 11.6 Å². The Morgan fingerprint density at radius 3 is 2.30 bits per heavy atom. The van der Waals surface area contributed by atoms with E-state index in [1.807, 2.05) is 6.92 Å². The molecule has 4 N–H and O–H groups in total. The predicted octanol–water partition coefficient (Wildman–Crippen LogP) is 4.43. The zero-order valence-electron chi connectivity index (χ0n) is 24.3. The van der Waals surface area contributed by atoms with Crippen molar-refractivity contribution >= 4 is 0 Å². The molecule has 6 fully saturated rings. The van der Waals surface area contributed by atoms with Gasteiger partial charge >= 0.3 is 0 Å². The molecular weight excluding hydrogens is 468 g/mol. The molecule has 2 heterocycles. The smallest absolute Gasteiger partial charge is 0.163 e. The van der Waals surface area contributed by atoms with Gasteiger partial charge in [-0.25, -0.2) is 0 Å². The highest BCUT2D eigenvalue weighted by molar-refractivity contribution is 5.25. The number of fused-ring (bicyclic) bond motifs is 5. The zero-order valence-corrected chi connectivity index (χ0v) is 24.3. The van der Waals surface area contributed by atoms with Crippen molar-refractivity contribution in [1.82, 2.24) is 0 Å². The SMILES string of the molecule is CO[C@H]1O[C@@H]2CC[C@]13C(CC[C@]1(C)[C@@H]3[C@H](O)C[C@@H]3[C@@H](/C(C)=C/[C@H](O)C(O)C(C)(C)O)CC[C@]31C)C2(C)C. The second-order valence-electron chi connectivity index (χ2n) is 15.1. The average molecular weight is 521 g/mol. The summed E-state index contributed by atoms with van der Waals surface area (Å²) < 4.78 is 12.7. The number of hydrogen-bond acceptors (Lipinski definition) is 6. The molecule has 37 heavy (non-hydrogen) atoms. The Labute approximate surface area is 223 Å². The monoisotopic (exact) mass is 520 g/mol. The van der Waals surface area contributed by atoms with Crippen LogP contribution in [-0.2, 0) is 9.47 Å². The van der Waals surface area contributed by atoms with Crippen molar-refractivity contribution in [3.8, 4) is 0 Å². The summed E-state index contributed by atoms with van der Waals surface area (Å²) in [5.74, 6) is 1.14. The van der Waals surface area contributed by atoms with Gasteiger partial charge in [0.05, 0.1) is 17.8 Å². The normalized spacial score (nSPS) is 50.7. The molecule has 0 amide bonds. The lowest BCUT2D eigenvalue weighted by Crippen LogP contribution is -2.74. The summed E-state index contributed by atoms with van der Waals surface area (Å²) in [6.07, 6.45) is 6.07. The minimum atomic E-state index is -1.38. The molecule has 0 aromatic heterocycles. The molecule has 2 unspecified atom stereocenters.